The summed E-state index contributed by atoms with van der Waals surface area (Å²) in [6, 6.07) is 6.82. The smallest absolute Gasteiger partial charge is 0.158 e. The molecular weight excluding hydrogens is 284 g/mol. The van der Waals surface area contributed by atoms with Gasteiger partial charge in [0.2, 0.25) is 0 Å². The fourth-order valence-electron chi connectivity index (χ4n) is 2.00. The van der Waals surface area contributed by atoms with Crippen molar-refractivity contribution in [3.63, 3.8) is 0 Å². The summed E-state index contributed by atoms with van der Waals surface area (Å²) in [7, 11) is 0. The second-order valence-corrected chi connectivity index (χ2v) is 5.85. The number of nitrogens with one attached hydrogen (secondary N) is 1. The highest BCUT2D eigenvalue weighted by atomic mass is 32.1. The standard InChI is InChI=1S/C15H14N4OS/c1-9-10(2)21-15-13(9)14(16-8-17-15)19-18-7-11-3-5-12(20)6-4-11/h3-8,20H,1-2H3,(H,16,17,19)/b18-7+. The summed E-state index contributed by atoms with van der Waals surface area (Å²) in [5.74, 6) is 0.943. The number of phenolic OH excluding ortho intramolecular Hbond substituents is 1. The monoisotopic (exact) mass is 298 g/mol. The molecule has 0 amide bonds. The Morgan fingerprint density at radius 2 is 1.95 bits per heavy atom. The van der Waals surface area contributed by atoms with Crippen LogP contribution in [-0.2, 0) is 0 Å². The van der Waals surface area contributed by atoms with Crippen LogP contribution in [0.4, 0.5) is 5.82 Å². The van der Waals surface area contributed by atoms with E-state index in [2.05, 4.69) is 34.3 Å². The molecule has 3 rings (SSSR count). The SMILES string of the molecule is Cc1sc2ncnc(N/N=C/c3ccc(O)cc3)c2c1C. The molecule has 2 N–H and O–H groups in total. The van der Waals surface area contributed by atoms with Crippen molar-refractivity contribution in [2.75, 3.05) is 5.43 Å². The van der Waals surface area contributed by atoms with Gasteiger partial charge in [-0.05, 0) is 49.2 Å². The van der Waals surface area contributed by atoms with Gasteiger partial charge >= 0.3 is 0 Å². The van der Waals surface area contributed by atoms with E-state index in [0.717, 1.165) is 15.8 Å². The van der Waals surface area contributed by atoms with Crippen LogP contribution in [0.2, 0.25) is 0 Å². The molecule has 2 heterocycles. The summed E-state index contributed by atoms with van der Waals surface area (Å²) in [6.07, 6.45) is 3.22. The number of hydrazone groups is 1. The topological polar surface area (TPSA) is 70.4 Å². The molecule has 2 aromatic heterocycles. The Kier molecular flexibility index (Phi) is 3.53. The first-order valence-corrected chi connectivity index (χ1v) is 7.25. The maximum atomic E-state index is 9.24. The number of thiophene rings is 1. The van der Waals surface area contributed by atoms with Gasteiger partial charge in [0.05, 0.1) is 11.6 Å². The zero-order valence-electron chi connectivity index (χ0n) is 11.7. The lowest BCUT2D eigenvalue weighted by Gasteiger charge is -2.02. The molecule has 0 saturated heterocycles. The van der Waals surface area contributed by atoms with Gasteiger partial charge in [-0.1, -0.05) is 0 Å². The highest BCUT2D eigenvalue weighted by Crippen LogP contribution is 2.32. The molecule has 6 heteroatoms. The van der Waals surface area contributed by atoms with E-state index in [1.54, 1.807) is 41.8 Å². The van der Waals surface area contributed by atoms with E-state index in [1.807, 2.05) is 0 Å². The Labute approximate surface area is 126 Å². The lowest BCUT2D eigenvalue weighted by Crippen LogP contribution is -1.95. The van der Waals surface area contributed by atoms with Gasteiger partial charge in [0.1, 0.15) is 16.9 Å². The number of aromatic nitrogens is 2. The highest BCUT2D eigenvalue weighted by molar-refractivity contribution is 7.18. The number of anilines is 1. The van der Waals surface area contributed by atoms with Crippen molar-refractivity contribution in [1.82, 2.24) is 9.97 Å². The minimum atomic E-state index is 0.238. The predicted octanol–water partition coefficient (Wildman–Crippen LogP) is 3.46. The molecule has 0 radical (unpaired) electrons. The Balaban J connectivity index is 1.87. The average molecular weight is 298 g/mol. The molecule has 0 aliphatic heterocycles. The third kappa shape index (κ3) is 2.71. The maximum Gasteiger partial charge on any atom is 0.158 e. The molecule has 0 fully saturated rings. The lowest BCUT2D eigenvalue weighted by atomic mass is 10.2. The zero-order valence-corrected chi connectivity index (χ0v) is 12.5. The van der Waals surface area contributed by atoms with Crippen molar-refractivity contribution in [2.45, 2.75) is 13.8 Å². The van der Waals surface area contributed by atoms with Crippen LogP contribution < -0.4 is 5.43 Å². The predicted molar refractivity (Wildman–Crippen MR) is 86.2 cm³/mol. The zero-order chi connectivity index (χ0) is 14.8. The summed E-state index contributed by atoms with van der Waals surface area (Å²) >= 11 is 1.65. The largest absolute Gasteiger partial charge is 0.508 e. The Morgan fingerprint density at radius 3 is 2.71 bits per heavy atom. The van der Waals surface area contributed by atoms with Gasteiger partial charge in [-0.15, -0.1) is 11.3 Å². The van der Waals surface area contributed by atoms with Crippen LogP contribution >= 0.6 is 11.3 Å². The van der Waals surface area contributed by atoms with Crippen molar-refractivity contribution < 1.29 is 5.11 Å². The average Bonchev–Trinajstić information content (AvgIpc) is 2.77. The van der Waals surface area contributed by atoms with Gasteiger partial charge in [-0.25, -0.2) is 9.97 Å². The van der Waals surface area contributed by atoms with Crippen LogP contribution in [0, 0.1) is 13.8 Å². The number of fused-ring (bicyclic) bond motifs is 1. The highest BCUT2D eigenvalue weighted by Gasteiger charge is 2.10. The van der Waals surface area contributed by atoms with E-state index in [1.165, 1.54) is 16.8 Å². The molecule has 0 saturated carbocycles. The van der Waals surface area contributed by atoms with E-state index >= 15 is 0 Å². The normalized spacial score (nSPS) is 11.3. The summed E-state index contributed by atoms with van der Waals surface area (Å²) in [5, 5.41) is 14.5. The third-order valence-electron chi connectivity index (χ3n) is 3.24. The number of aromatic hydroxyl groups is 1. The number of rotatable bonds is 3. The molecule has 0 spiro atoms. The van der Waals surface area contributed by atoms with Gasteiger partial charge in [0.25, 0.3) is 0 Å². The van der Waals surface area contributed by atoms with E-state index in [0.29, 0.717) is 5.82 Å². The second kappa shape index (κ2) is 5.49. The molecule has 0 aliphatic rings. The molecule has 1 aromatic carbocycles. The maximum absolute atomic E-state index is 9.24. The van der Waals surface area contributed by atoms with Crippen LogP contribution in [0.1, 0.15) is 16.0 Å². The third-order valence-corrected chi connectivity index (χ3v) is 4.36. The first kappa shape index (κ1) is 13.5. The summed E-state index contributed by atoms with van der Waals surface area (Å²) in [6.45, 7) is 4.14. The van der Waals surface area contributed by atoms with E-state index < -0.39 is 0 Å². The first-order chi connectivity index (χ1) is 10.1. The lowest BCUT2D eigenvalue weighted by molar-refractivity contribution is 0.475. The van der Waals surface area contributed by atoms with Gasteiger partial charge in [0.15, 0.2) is 5.82 Å². The number of hydrogen-bond donors (Lipinski definition) is 2. The summed E-state index contributed by atoms with van der Waals surface area (Å²) < 4.78 is 0. The van der Waals surface area contributed by atoms with Crippen molar-refractivity contribution >= 4 is 33.6 Å². The molecule has 0 bridgehead atoms. The minimum absolute atomic E-state index is 0.238. The first-order valence-electron chi connectivity index (χ1n) is 6.44. The molecule has 106 valence electrons. The molecule has 0 unspecified atom stereocenters. The fraction of sp³-hybridized carbons (Fsp3) is 0.133. The van der Waals surface area contributed by atoms with Gasteiger partial charge < -0.3 is 5.11 Å². The van der Waals surface area contributed by atoms with Crippen molar-refractivity contribution in [3.05, 3.63) is 46.6 Å². The molecule has 21 heavy (non-hydrogen) atoms. The van der Waals surface area contributed by atoms with E-state index in [-0.39, 0.29) is 5.75 Å². The van der Waals surface area contributed by atoms with Crippen LogP contribution in [0.3, 0.4) is 0 Å². The van der Waals surface area contributed by atoms with Crippen LogP contribution in [-0.4, -0.2) is 21.3 Å². The minimum Gasteiger partial charge on any atom is -0.508 e. The van der Waals surface area contributed by atoms with E-state index in [4.69, 9.17) is 0 Å². The molecule has 5 nitrogen and oxygen atoms in total. The molecular formula is C15H14N4OS. The Bertz CT molecular complexity index is 808. The van der Waals surface area contributed by atoms with Gasteiger partial charge in [-0.2, -0.15) is 5.10 Å². The number of hydrogen-bond acceptors (Lipinski definition) is 6. The number of nitrogens with zero attached hydrogens (tertiary/aromatic N) is 3. The molecule has 0 aliphatic carbocycles. The van der Waals surface area contributed by atoms with Crippen molar-refractivity contribution in [1.29, 1.82) is 0 Å². The summed E-state index contributed by atoms with van der Waals surface area (Å²) in [5.41, 5.74) is 5.04. The number of benzene rings is 1. The number of phenols is 1. The molecule has 0 atom stereocenters. The van der Waals surface area contributed by atoms with Gasteiger partial charge in [0, 0.05) is 4.88 Å². The van der Waals surface area contributed by atoms with E-state index in [9.17, 15) is 5.11 Å². The Morgan fingerprint density at radius 1 is 1.19 bits per heavy atom. The van der Waals surface area contributed by atoms with Crippen LogP contribution in [0.25, 0.3) is 10.2 Å². The van der Waals surface area contributed by atoms with Crippen molar-refractivity contribution in [3.8, 4) is 5.75 Å². The van der Waals surface area contributed by atoms with Crippen LogP contribution in [0.15, 0.2) is 35.7 Å². The van der Waals surface area contributed by atoms with Gasteiger partial charge in [-0.3, -0.25) is 5.43 Å². The quantitative estimate of drug-likeness (QED) is 0.574. The number of aryl methyl sites for hydroxylation is 2. The fourth-order valence-corrected chi connectivity index (χ4v) is 2.99. The summed E-state index contributed by atoms with van der Waals surface area (Å²) in [4.78, 5) is 10.7. The Hall–Kier alpha value is -2.47. The van der Waals surface area contributed by atoms with Crippen LogP contribution in [0.5, 0.6) is 5.75 Å². The second-order valence-electron chi connectivity index (χ2n) is 4.65. The molecule has 3 aromatic rings. The van der Waals surface area contributed by atoms with Crippen molar-refractivity contribution in [2.24, 2.45) is 5.10 Å².